The number of hydrogen-bond donors (Lipinski definition) is 3. The lowest BCUT2D eigenvalue weighted by Crippen LogP contribution is -2.55. The molecule has 3 aliphatic rings. The van der Waals surface area contributed by atoms with Crippen molar-refractivity contribution < 1.29 is 19.5 Å². The number of rotatable bonds is 13. The zero-order valence-electron chi connectivity index (χ0n) is 19.3. The Hall–Kier alpha value is -0.800. The molecule has 9 heteroatoms. The Morgan fingerprint density at radius 1 is 1.09 bits per heavy atom. The number of hydrogen-bond acceptors (Lipinski definition) is 5. The predicted octanol–water partition coefficient (Wildman–Crippen LogP) is 2.45. The van der Waals surface area contributed by atoms with Gasteiger partial charge in [-0.25, -0.2) is 0 Å². The first-order valence-corrected chi connectivity index (χ1v) is 14.0. The maximum Gasteiger partial charge on any atom is 0.244 e. The summed E-state index contributed by atoms with van der Waals surface area (Å²) in [6.45, 7) is 5.97. The average Bonchev–Trinajstić information content (AvgIpc) is 3.36. The van der Waals surface area contributed by atoms with Gasteiger partial charge in [0.05, 0.1) is 16.6 Å². The summed E-state index contributed by atoms with van der Waals surface area (Å²) in [7, 11) is 0. The van der Waals surface area contributed by atoms with E-state index < -0.39 is 22.6 Å². The minimum Gasteiger partial charge on any atom is -0.396 e. The number of carbonyl (C=O) groups is 3. The van der Waals surface area contributed by atoms with Crippen molar-refractivity contribution in [1.29, 1.82) is 0 Å². The summed E-state index contributed by atoms with van der Waals surface area (Å²) in [5.74, 6) is -1.05. The van der Waals surface area contributed by atoms with Crippen LogP contribution in [0.3, 0.4) is 0 Å². The number of likely N-dealkylation sites (tertiary alicyclic amines) is 1. The Kier molecular flexibility index (Phi) is 9.32. The van der Waals surface area contributed by atoms with Crippen molar-refractivity contribution >= 4 is 45.4 Å². The van der Waals surface area contributed by atoms with Crippen LogP contribution in [0.5, 0.6) is 0 Å². The standard InChI is InChI=1S/C23H38BrN3O4S/c1-3-5-7-11-26-21(30)19-23-14-15(24)18(32-23)16(20(29)25-10-4-2)17(23)22(31)27(19)12-8-6-9-13-28/h15-19,28H,3-14H2,1-2H3,(H,25,29)(H,26,30)/t15?,16-,17+,18-,19?,23?/m1/s1. The number of nitrogens with one attached hydrogen (secondary N) is 2. The van der Waals surface area contributed by atoms with Gasteiger partial charge in [-0.05, 0) is 38.5 Å². The average molecular weight is 533 g/mol. The molecule has 6 atom stereocenters. The van der Waals surface area contributed by atoms with E-state index in [2.05, 4.69) is 33.5 Å². The third-order valence-corrected chi connectivity index (χ3v) is 10.2. The van der Waals surface area contributed by atoms with Crippen LogP contribution in [-0.2, 0) is 14.4 Å². The molecule has 3 saturated heterocycles. The van der Waals surface area contributed by atoms with Crippen molar-refractivity contribution in [3.05, 3.63) is 0 Å². The number of unbranched alkanes of at least 4 members (excludes halogenated alkanes) is 4. The first kappa shape index (κ1) is 25.8. The molecule has 3 rings (SSSR count). The molecule has 0 aromatic rings. The third kappa shape index (κ3) is 4.85. The van der Waals surface area contributed by atoms with E-state index in [0.29, 0.717) is 26.1 Å². The van der Waals surface area contributed by atoms with Gasteiger partial charge in [-0.15, -0.1) is 11.8 Å². The summed E-state index contributed by atoms with van der Waals surface area (Å²) in [6.07, 6.45) is 6.86. The summed E-state index contributed by atoms with van der Waals surface area (Å²) < 4.78 is -0.560. The topological polar surface area (TPSA) is 98.7 Å². The number of fused-ring (bicyclic) bond motifs is 1. The van der Waals surface area contributed by atoms with E-state index in [0.717, 1.165) is 44.9 Å². The quantitative estimate of drug-likeness (QED) is 0.250. The molecule has 2 bridgehead atoms. The molecule has 3 N–H and O–H groups in total. The predicted molar refractivity (Wildman–Crippen MR) is 131 cm³/mol. The zero-order chi connectivity index (χ0) is 23.3. The Morgan fingerprint density at radius 2 is 1.84 bits per heavy atom. The van der Waals surface area contributed by atoms with Crippen LogP contribution in [0.2, 0.25) is 0 Å². The van der Waals surface area contributed by atoms with Crippen LogP contribution < -0.4 is 10.6 Å². The van der Waals surface area contributed by atoms with Crippen LogP contribution >= 0.6 is 27.7 Å². The maximum absolute atomic E-state index is 13.7. The lowest BCUT2D eigenvalue weighted by atomic mass is 9.70. The van der Waals surface area contributed by atoms with Gasteiger partial charge in [0.25, 0.3) is 0 Å². The van der Waals surface area contributed by atoms with Crippen LogP contribution in [0.25, 0.3) is 0 Å². The van der Waals surface area contributed by atoms with Crippen molar-refractivity contribution in [3.63, 3.8) is 0 Å². The van der Waals surface area contributed by atoms with E-state index in [-0.39, 0.29) is 34.4 Å². The van der Waals surface area contributed by atoms with Crippen molar-refractivity contribution in [2.24, 2.45) is 11.8 Å². The minimum atomic E-state index is -0.560. The fourth-order valence-electron chi connectivity index (χ4n) is 5.59. The Labute approximate surface area is 204 Å². The molecule has 0 saturated carbocycles. The molecule has 32 heavy (non-hydrogen) atoms. The molecule has 0 aliphatic carbocycles. The highest BCUT2D eigenvalue weighted by molar-refractivity contribution is 9.09. The van der Waals surface area contributed by atoms with Crippen molar-refractivity contribution in [2.75, 3.05) is 26.2 Å². The second-order valence-corrected chi connectivity index (χ2v) is 12.0. The first-order chi connectivity index (χ1) is 15.4. The number of aliphatic hydroxyl groups excluding tert-OH is 1. The molecule has 3 amide bonds. The molecule has 0 aromatic carbocycles. The van der Waals surface area contributed by atoms with E-state index in [1.165, 1.54) is 0 Å². The van der Waals surface area contributed by atoms with Crippen molar-refractivity contribution in [1.82, 2.24) is 15.5 Å². The molecule has 3 heterocycles. The summed E-state index contributed by atoms with van der Waals surface area (Å²) in [6, 6.07) is -0.547. The highest BCUT2D eigenvalue weighted by Crippen LogP contribution is 2.67. The lowest BCUT2D eigenvalue weighted by molar-refractivity contribution is -0.140. The number of alkyl halides is 1. The molecule has 0 aromatic heterocycles. The van der Waals surface area contributed by atoms with E-state index in [1.54, 1.807) is 16.7 Å². The second kappa shape index (κ2) is 11.6. The van der Waals surface area contributed by atoms with Crippen molar-refractivity contribution in [2.45, 2.75) is 86.1 Å². The van der Waals surface area contributed by atoms with Gasteiger partial charge in [-0.3, -0.25) is 14.4 Å². The number of halogens is 1. The minimum absolute atomic E-state index is 0.00716. The second-order valence-electron chi connectivity index (χ2n) is 9.27. The molecule has 3 aliphatic heterocycles. The van der Waals surface area contributed by atoms with E-state index in [1.807, 2.05) is 6.92 Å². The highest BCUT2D eigenvalue weighted by atomic mass is 79.9. The number of thioether (sulfide) groups is 1. The van der Waals surface area contributed by atoms with Gasteiger partial charge < -0.3 is 20.6 Å². The Morgan fingerprint density at radius 3 is 2.53 bits per heavy atom. The summed E-state index contributed by atoms with van der Waals surface area (Å²) in [5.41, 5.74) is 0. The monoisotopic (exact) mass is 531 g/mol. The maximum atomic E-state index is 13.7. The summed E-state index contributed by atoms with van der Waals surface area (Å²) in [5, 5.41) is 15.2. The zero-order valence-corrected chi connectivity index (χ0v) is 21.7. The van der Waals surface area contributed by atoms with Crippen LogP contribution in [-0.4, -0.2) is 74.8 Å². The lowest BCUT2D eigenvalue weighted by Gasteiger charge is -2.35. The smallest absolute Gasteiger partial charge is 0.244 e. The largest absolute Gasteiger partial charge is 0.396 e. The summed E-state index contributed by atoms with van der Waals surface area (Å²) in [4.78, 5) is 42.1. The van der Waals surface area contributed by atoms with Gasteiger partial charge in [0, 0.05) is 36.3 Å². The number of aliphatic hydroxyl groups is 1. The highest BCUT2D eigenvalue weighted by Gasteiger charge is 2.75. The van der Waals surface area contributed by atoms with Gasteiger partial charge >= 0.3 is 0 Å². The number of amides is 3. The van der Waals surface area contributed by atoms with Gasteiger partial charge in [0.15, 0.2) is 0 Å². The molecule has 0 radical (unpaired) electrons. The first-order valence-electron chi connectivity index (χ1n) is 12.2. The third-order valence-electron chi connectivity index (χ3n) is 7.03. The van der Waals surface area contributed by atoms with Crippen LogP contribution in [0.4, 0.5) is 0 Å². The summed E-state index contributed by atoms with van der Waals surface area (Å²) >= 11 is 5.46. The van der Waals surface area contributed by atoms with Crippen LogP contribution in [0, 0.1) is 11.8 Å². The Balaban J connectivity index is 1.85. The number of nitrogens with zero attached hydrogens (tertiary/aromatic N) is 1. The number of carbonyl (C=O) groups excluding carboxylic acids is 3. The normalized spacial score (nSPS) is 32.9. The fraction of sp³-hybridized carbons (Fsp3) is 0.870. The molecule has 182 valence electrons. The molecular weight excluding hydrogens is 494 g/mol. The Bertz CT molecular complexity index is 696. The van der Waals surface area contributed by atoms with E-state index >= 15 is 0 Å². The SMILES string of the molecule is CCCCCNC(=O)C1N(CCCCCO)C(=O)[C@@H]2[C@@H](C(=O)NCCC)[C@@H]3SC12CC3Br. The van der Waals surface area contributed by atoms with E-state index in [9.17, 15) is 14.4 Å². The van der Waals surface area contributed by atoms with E-state index in [4.69, 9.17) is 5.11 Å². The molecule has 1 spiro atoms. The van der Waals surface area contributed by atoms with Gasteiger partial charge in [-0.2, -0.15) is 0 Å². The van der Waals surface area contributed by atoms with Gasteiger partial charge in [0.2, 0.25) is 17.7 Å². The molecule has 7 nitrogen and oxygen atoms in total. The molecule has 3 fully saturated rings. The van der Waals surface area contributed by atoms with Crippen LogP contribution in [0.15, 0.2) is 0 Å². The molecule has 3 unspecified atom stereocenters. The van der Waals surface area contributed by atoms with Crippen molar-refractivity contribution in [3.8, 4) is 0 Å². The van der Waals surface area contributed by atoms with Gasteiger partial charge in [0.1, 0.15) is 6.04 Å². The molecular formula is C23H38BrN3O4S. The fourth-order valence-corrected chi connectivity index (χ4v) is 9.20. The van der Waals surface area contributed by atoms with Gasteiger partial charge in [-0.1, -0.05) is 42.6 Å². The van der Waals surface area contributed by atoms with Crippen LogP contribution in [0.1, 0.15) is 65.2 Å².